The molecule has 0 saturated heterocycles. The van der Waals surface area contributed by atoms with E-state index in [1.165, 1.54) is 6.08 Å². The molecular formula is C20H19ClN2O2. The summed E-state index contributed by atoms with van der Waals surface area (Å²) in [4.78, 5) is 12.4. The zero-order valence-electron chi connectivity index (χ0n) is 14.4. The fourth-order valence-electron chi connectivity index (χ4n) is 2.44. The number of nitriles is 1. The van der Waals surface area contributed by atoms with Crippen LogP contribution in [0, 0.1) is 25.2 Å². The molecule has 1 amide bonds. The van der Waals surface area contributed by atoms with Gasteiger partial charge in [-0.25, -0.2) is 0 Å². The highest BCUT2D eigenvalue weighted by Crippen LogP contribution is 2.26. The molecule has 0 bridgehead atoms. The number of carbonyl (C=O) groups excluding carboxylic acids is 1. The third kappa shape index (κ3) is 5.10. The van der Waals surface area contributed by atoms with Crippen molar-refractivity contribution < 1.29 is 9.53 Å². The molecule has 0 spiro atoms. The number of halogens is 1. The van der Waals surface area contributed by atoms with Crippen LogP contribution in [0.1, 0.15) is 23.6 Å². The zero-order chi connectivity index (χ0) is 18.4. The highest BCUT2D eigenvalue weighted by atomic mass is 35.5. The van der Waals surface area contributed by atoms with Crippen molar-refractivity contribution in [3.05, 3.63) is 63.7 Å². The van der Waals surface area contributed by atoms with E-state index in [2.05, 4.69) is 5.32 Å². The van der Waals surface area contributed by atoms with E-state index in [1.54, 1.807) is 18.2 Å². The standard InChI is InChI=1S/C20H19ClN2O2/c1-4-25-19-6-5-15(11-18(19)21)10-16(12-22)20(24)23-17-8-13(2)7-14(3)9-17/h5-11H,4H2,1-3H3,(H,23,24)/b16-10-. The van der Waals surface area contributed by atoms with Crippen LogP contribution in [-0.2, 0) is 4.79 Å². The molecular weight excluding hydrogens is 336 g/mol. The van der Waals surface area contributed by atoms with Gasteiger partial charge < -0.3 is 10.1 Å². The number of aryl methyl sites for hydroxylation is 2. The predicted octanol–water partition coefficient (Wildman–Crippen LogP) is 4.90. The second-order valence-electron chi connectivity index (χ2n) is 5.62. The van der Waals surface area contributed by atoms with Gasteiger partial charge in [0.2, 0.25) is 0 Å². The molecule has 0 unspecified atom stereocenters. The Labute approximate surface area is 152 Å². The van der Waals surface area contributed by atoms with Gasteiger partial charge in [-0.2, -0.15) is 5.26 Å². The largest absolute Gasteiger partial charge is 0.492 e. The smallest absolute Gasteiger partial charge is 0.266 e. The van der Waals surface area contributed by atoms with Crippen LogP contribution >= 0.6 is 11.6 Å². The van der Waals surface area contributed by atoms with Crippen LogP contribution < -0.4 is 10.1 Å². The minimum absolute atomic E-state index is 0.000569. The first kappa shape index (κ1) is 18.6. The normalized spacial score (nSPS) is 10.9. The van der Waals surface area contributed by atoms with Gasteiger partial charge in [0.25, 0.3) is 5.91 Å². The quantitative estimate of drug-likeness (QED) is 0.613. The van der Waals surface area contributed by atoms with Crippen LogP contribution in [-0.4, -0.2) is 12.5 Å². The van der Waals surface area contributed by atoms with Crippen LogP contribution in [0.3, 0.4) is 0 Å². The summed E-state index contributed by atoms with van der Waals surface area (Å²) in [6.45, 7) is 6.28. The molecule has 0 heterocycles. The molecule has 5 heteroatoms. The summed E-state index contributed by atoms with van der Waals surface area (Å²) in [5.41, 5.74) is 3.39. The lowest BCUT2D eigenvalue weighted by Gasteiger charge is -2.08. The van der Waals surface area contributed by atoms with Crippen LogP contribution in [0.5, 0.6) is 5.75 Å². The summed E-state index contributed by atoms with van der Waals surface area (Å²) in [7, 11) is 0. The minimum Gasteiger partial charge on any atom is -0.492 e. The van der Waals surface area contributed by atoms with Crippen LogP contribution in [0.25, 0.3) is 6.08 Å². The molecule has 1 N–H and O–H groups in total. The molecule has 0 saturated carbocycles. The third-order valence-corrected chi connectivity index (χ3v) is 3.71. The van der Waals surface area contributed by atoms with Gasteiger partial charge in [0.15, 0.2) is 0 Å². The van der Waals surface area contributed by atoms with E-state index in [0.29, 0.717) is 28.6 Å². The SMILES string of the molecule is CCOc1ccc(/C=C(/C#N)C(=O)Nc2cc(C)cc(C)c2)cc1Cl. The lowest BCUT2D eigenvalue weighted by molar-refractivity contribution is -0.112. The van der Waals surface area contributed by atoms with E-state index in [4.69, 9.17) is 16.3 Å². The molecule has 0 aliphatic carbocycles. The van der Waals surface area contributed by atoms with Gasteiger partial charge in [0.1, 0.15) is 17.4 Å². The molecule has 128 valence electrons. The minimum atomic E-state index is -0.461. The maximum atomic E-state index is 12.4. The number of carbonyl (C=O) groups is 1. The molecule has 0 aliphatic rings. The van der Waals surface area contributed by atoms with Crippen molar-refractivity contribution in [1.82, 2.24) is 0 Å². The van der Waals surface area contributed by atoms with Gasteiger partial charge in [-0.05, 0) is 67.8 Å². The number of amides is 1. The highest BCUT2D eigenvalue weighted by molar-refractivity contribution is 6.32. The van der Waals surface area contributed by atoms with Crippen LogP contribution in [0.4, 0.5) is 5.69 Å². The van der Waals surface area contributed by atoms with E-state index < -0.39 is 5.91 Å². The van der Waals surface area contributed by atoms with Gasteiger partial charge in [-0.15, -0.1) is 0 Å². The molecule has 4 nitrogen and oxygen atoms in total. The molecule has 2 aromatic carbocycles. The fourth-order valence-corrected chi connectivity index (χ4v) is 2.68. The van der Waals surface area contributed by atoms with Gasteiger partial charge in [0.05, 0.1) is 11.6 Å². The Morgan fingerprint density at radius 2 is 1.92 bits per heavy atom. The molecule has 0 aliphatic heterocycles. The molecule has 25 heavy (non-hydrogen) atoms. The van der Waals surface area contributed by atoms with E-state index in [9.17, 15) is 10.1 Å². The Balaban J connectivity index is 2.23. The van der Waals surface area contributed by atoms with Crippen LogP contribution in [0.2, 0.25) is 5.02 Å². The summed E-state index contributed by atoms with van der Waals surface area (Å²) in [6.07, 6.45) is 1.50. The van der Waals surface area contributed by atoms with E-state index in [0.717, 1.165) is 11.1 Å². The van der Waals surface area contributed by atoms with Gasteiger partial charge in [-0.3, -0.25) is 4.79 Å². The van der Waals surface area contributed by atoms with E-state index in [1.807, 2.05) is 45.0 Å². The first-order valence-corrected chi connectivity index (χ1v) is 8.24. The van der Waals surface area contributed by atoms with Crippen molar-refractivity contribution in [3.63, 3.8) is 0 Å². The summed E-state index contributed by atoms with van der Waals surface area (Å²) >= 11 is 6.14. The lowest BCUT2D eigenvalue weighted by atomic mass is 10.1. The van der Waals surface area contributed by atoms with Crippen LogP contribution in [0.15, 0.2) is 42.0 Å². The number of hydrogen-bond donors (Lipinski definition) is 1. The Morgan fingerprint density at radius 1 is 1.24 bits per heavy atom. The fraction of sp³-hybridized carbons (Fsp3) is 0.200. The number of hydrogen-bond acceptors (Lipinski definition) is 3. The molecule has 0 radical (unpaired) electrons. The van der Waals surface area contributed by atoms with Gasteiger partial charge in [-0.1, -0.05) is 23.7 Å². The second kappa shape index (κ2) is 8.36. The summed E-state index contributed by atoms with van der Waals surface area (Å²) in [5, 5.41) is 12.5. The maximum absolute atomic E-state index is 12.4. The lowest BCUT2D eigenvalue weighted by Crippen LogP contribution is -2.13. The number of benzene rings is 2. The monoisotopic (exact) mass is 354 g/mol. The Kier molecular flexibility index (Phi) is 6.21. The molecule has 2 rings (SSSR count). The number of nitrogens with zero attached hydrogens (tertiary/aromatic N) is 1. The topological polar surface area (TPSA) is 62.1 Å². The van der Waals surface area contributed by atoms with Crippen molar-refractivity contribution in [2.45, 2.75) is 20.8 Å². The molecule has 0 atom stereocenters. The first-order valence-electron chi connectivity index (χ1n) is 7.86. The van der Waals surface area contributed by atoms with Crippen molar-refractivity contribution in [1.29, 1.82) is 5.26 Å². The first-order chi connectivity index (χ1) is 11.9. The number of ether oxygens (including phenoxy) is 1. The van der Waals surface area contributed by atoms with Crippen molar-refractivity contribution in [2.24, 2.45) is 0 Å². The van der Waals surface area contributed by atoms with E-state index in [-0.39, 0.29) is 5.57 Å². The van der Waals surface area contributed by atoms with Gasteiger partial charge in [0, 0.05) is 5.69 Å². The number of rotatable bonds is 5. The summed E-state index contributed by atoms with van der Waals surface area (Å²) in [5.74, 6) is 0.108. The molecule has 0 fully saturated rings. The van der Waals surface area contributed by atoms with E-state index >= 15 is 0 Å². The highest BCUT2D eigenvalue weighted by Gasteiger charge is 2.11. The summed E-state index contributed by atoms with van der Waals surface area (Å²) < 4.78 is 5.37. The Hall–Kier alpha value is -2.77. The molecule has 0 aromatic heterocycles. The van der Waals surface area contributed by atoms with Gasteiger partial charge >= 0.3 is 0 Å². The Morgan fingerprint density at radius 3 is 2.48 bits per heavy atom. The van der Waals surface area contributed by atoms with Crippen molar-refractivity contribution in [2.75, 3.05) is 11.9 Å². The number of anilines is 1. The maximum Gasteiger partial charge on any atom is 0.266 e. The second-order valence-corrected chi connectivity index (χ2v) is 6.03. The number of nitrogens with one attached hydrogen (secondary N) is 1. The van der Waals surface area contributed by atoms with Crippen molar-refractivity contribution >= 4 is 29.3 Å². The molecule has 2 aromatic rings. The Bertz CT molecular complexity index is 846. The zero-order valence-corrected chi connectivity index (χ0v) is 15.1. The predicted molar refractivity (Wildman–Crippen MR) is 101 cm³/mol. The summed E-state index contributed by atoms with van der Waals surface area (Å²) in [6, 6.07) is 12.8. The average molecular weight is 355 g/mol. The van der Waals surface area contributed by atoms with Crippen molar-refractivity contribution in [3.8, 4) is 11.8 Å². The average Bonchev–Trinajstić information content (AvgIpc) is 2.54. The third-order valence-electron chi connectivity index (χ3n) is 3.41.